The molecular weight excluding hydrogens is 296 g/mol. The van der Waals surface area contributed by atoms with E-state index in [-0.39, 0.29) is 11.8 Å². The molecule has 2 rings (SSSR count). The van der Waals surface area contributed by atoms with E-state index < -0.39 is 0 Å². The van der Waals surface area contributed by atoms with Gasteiger partial charge in [-0.1, -0.05) is 6.07 Å². The summed E-state index contributed by atoms with van der Waals surface area (Å²) in [6.45, 7) is 2.46. The molecule has 1 fully saturated rings. The van der Waals surface area contributed by atoms with Gasteiger partial charge in [0.1, 0.15) is 0 Å². The van der Waals surface area contributed by atoms with Crippen LogP contribution in [0.1, 0.15) is 31.7 Å². The average Bonchev–Trinajstić information content (AvgIpc) is 3.37. The van der Waals surface area contributed by atoms with E-state index in [9.17, 15) is 9.59 Å². The zero-order chi connectivity index (χ0) is 16.8. The summed E-state index contributed by atoms with van der Waals surface area (Å²) in [7, 11) is 3.16. The summed E-state index contributed by atoms with van der Waals surface area (Å²) in [5, 5.41) is 2.87. The number of amides is 2. The van der Waals surface area contributed by atoms with E-state index in [4.69, 9.17) is 9.47 Å². The number of rotatable bonds is 8. The molecule has 1 aliphatic carbocycles. The highest BCUT2D eigenvalue weighted by atomic mass is 16.5. The molecule has 0 saturated heterocycles. The minimum Gasteiger partial charge on any atom is -0.493 e. The van der Waals surface area contributed by atoms with Crippen LogP contribution in [0.3, 0.4) is 0 Å². The SMILES string of the molecule is COc1ccc(CNC(=O)CCN(C(C)=O)C2CC2)cc1OC. The number of ether oxygens (including phenoxy) is 2. The van der Waals surface area contributed by atoms with Crippen molar-refractivity contribution >= 4 is 11.8 Å². The Morgan fingerprint density at radius 3 is 2.48 bits per heavy atom. The number of hydrogen-bond acceptors (Lipinski definition) is 4. The van der Waals surface area contributed by atoms with E-state index >= 15 is 0 Å². The summed E-state index contributed by atoms with van der Waals surface area (Å²) in [4.78, 5) is 25.3. The van der Waals surface area contributed by atoms with Gasteiger partial charge in [0.05, 0.1) is 14.2 Å². The molecule has 0 atom stereocenters. The Hall–Kier alpha value is -2.24. The molecule has 1 N–H and O–H groups in total. The Morgan fingerprint density at radius 1 is 1.22 bits per heavy atom. The molecule has 0 aromatic heterocycles. The van der Waals surface area contributed by atoms with Crippen molar-refractivity contribution in [2.45, 2.75) is 38.8 Å². The van der Waals surface area contributed by atoms with Crippen LogP contribution >= 0.6 is 0 Å². The Morgan fingerprint density at radius 2 is 1.91 bits per heavy atom. The first-order chi connectivity index (χ1) is 11.0. The second-order valence-electron chi connectivity index (χ2n) is 5.66. The molecule has 0 heterocycles. The van der Waals surface area contributed by atoms with Gasteiger partial charge in [-0.25, -0.2) is 0 Å². The molecule has 1 saturated carbocycles. The van der Waals surface area contributed by atoms with Crippen LogP contribution in [0.2, 0.25) is 0 Å². The molecule has 1 aromatic rings. The van der Waals surface area contributed by atoms with Gasteiger partial charge in [0.25, 0.3) is 0 Å². The van der Waals surface area contributed by atoms with E-state index in [0.717, 1.165) is 18.4 Å². The monoisotopic (exact) mass is 320 g/mol. The summed E-state index contributed by atoms with van der Waals surface area (Å²) < 4.78 is 10.4. The van der Waals surface area contributed by atoms with Crippen LogP contribution in [0.5, 0.6) is 11.5 Å². The third-order valence-corrected chi connectivity index (χ3v) is 3.91. The molecule has 0 aliphatic heterocycles. The fraction of sp³-hybridized carbons (Fsp3) is 0.529. The van der Waals surface area contributed by atoms with Crippen LogP contribution in [0.15, 0.2) is 18.2 Å². The third kappa shape index (κ3) is 4.87. The van der Waals surface area contributed by atoms with Gasteiger partial charge in [0.2, 0.25) is 11.8 Å². The van der Waals surface area contributed by atoms with Crippen molar-refractivity contribution < 1.29 is 19.1 Å². The maximum absolute atomic E-state index is 12.0. The number of hydrogen-bond donors (Lipinski definition) is 1. The van der Waals surface area contributed by atoms with Crippen molar-refractivity contribution in [3.05, 3.63) is 23.8 Å². The molecule has 2 amide bonds. The van der Waals surface area contributed by atoms with Gasteiger partial charge < -0.3 is 19.7 Å². The lowest BCUT2D eigenvalue weighted by Crippen LogP contribution is -2.35. The normalized spacial score (nSPS) is 13.3. The predicted octanol–water partition coefficient (Wildman–Crippen LogP) is 1.72. The Bertz CT molecular complexity index is 570. The summed E-state index contributed by atoms with van der Waals surface area (Å²) in [5.74, 6) is 1.27. The summed E-state index contributed by atoms with van der Waals surface area (Å²) in [6, 6.07) is 5.87. The Balaban J connectivity index is 1.81. The minimum atomic E-state index is -0.0633. The molecule has 23 heavy (non-hydrogen) atoms. The molecule has 6 nitrogen and oxygen atoms in total. The molecule has 0 spiro atoms. The van der Waals surface area contributed by atoms with E-state index in [2.05, 4.69) is 5.32 Å². The van der Waals surface area contributed by atoms with E-state index in [1.165, 1.54) is 0 Å². The lowest BCUT2D eigenvalue weighted by atomic mass is 10.2. The second-order valence-corrected chi connectivity index (χ2v) is 5.66. The van der Waals surface area contributed by atoms with Gasteiger partial charge in [0.15, 0.2) is 11.5 Å². The van der Waals surface area contributed by atoms with Gasteiger partial charge in [-0.05, 0) is 30.5 Å². The standard InChI is InChI=1S/C17H24N2O4/c1-12(20)19(14-5-6-14)9-8-17(21)18-11-13-4-7-15(22-2)16(10-13)23-3/h4,7,10,14H,5-6,8-9,11H2,1-3H3,(H,18,21). The molecule has 1 aromatic carbocycles. The lowest BCUT2D eigenvalue weighted by molar-refractivity contribution is -0.130. The van der Waals surface area contributed by atoms with Crippen molar-refractivity contribution in [3.63, 3.8) is 0 Å². The van der Waals surface area contributed by atoms with Crippen LogP contribution < -0.4 is 14.8 Å². The third-order valence-electron chi connectivity index (χ3n) is 3.91. The molecule has 6 heteroatoms. The maximum atomic E-state index is 12.0. The molecule has 0 unspecified atom stereocenters. The highest BCUT2D eigenvalue weighted by Crippen LogP contribution is 2.28. The zero-order valence-electron chi connectivity index (χ0n) is 13.9. The van der Waals surface area contributed by atoms with Crippen LogP contribution in [0.4, 0.5) is 0 Å². The first-order valence-corrected chi connectivity index (χ1v) is 7.80. The van der Waals surface area contributed by atoms with Crippen molar-refractivity contribution in [1.82, 2.24) is 10.2 Å². The smallest absolute Gasteiger partial charge is 0.222 e. The molecule has 0 radical (unpaired) electrons. The highest BCUT2D eigenvalue weighted by molar-refractivity contribution is 5.78. The summed E-state index contributed by atoms with van der Waals surface area (Å²) in [5.41, 5.74) is 0.932. The Labute approximate surface area is 136 Å². The number of benzene rings is 1. The van der Waals surface area contributed by atoms with E-state index in [0.29, 0.717) is 37.1 Å². The highest BCUT2D eigenvalue weighted by Gasteiger charge is 2.30. The molecular formula is C17H24N2O4. The molecule has 0 bridgehead atoms. The number of nitrogens with zero attached hydrogens (tertiary/aromatic N) is 1. The van der Waals surface area contributed by atoms with Gasteiger partial charge in [-0.3, -0.25) is 9.59 Å². The zero-order valence-corrected chi connectivity index (χ0v) is 13.9. The minimum absolute atomic E-state index is 0.0418. The first-order valence-electron chi connectivity index (χ1n) is 7.80. The number of carbonyl (C=O) groups excluding carboxylic acids is 2. The van der Waals surface area contributed by atoms with Gasteiger partial charge in [-0.15, -0.1) is 0 Å². The van der Waals surface area contributed by atoms with Crippen LogP contribution in [-0.2, 0) is 16.1 Å². The van der Waals surface area contributed by atoms with Crippen molar-refractivity contribution in [1.29, 1.82) is 0 Å². The maximum Gasteiger partial charge on any atom is 0.222 e. The number of nitrogens with one attached hydrogen (secondary N) is 1. The topological polar surface area (TPSA) is 67.9 Å². The first kappa shape index (κ1) is 17.1. The molecule has 126 valence electrons. The fourth-order valence-corrected chi connectivity index (χ4v) is 2.48. The molecule has 1 aliphatic rings. The summed E-state index contributed by atoms with van der Waals surface area (Å²) in [6.07, 6.45) is 2.42. The number of carbonyl (C=O) groups is 2. The van der Waals surface area contributed by atoms with Gasteiger partial charge in [-0.2, -0.15) is 0 Å². The largest absolute Gasteiger partial charge is 0.493 e. The van der Waals surface area contributed by atoms with Gasteiger partial charge in [0, 0.05) is 32.5 Å². The predicted molar refractivity (Wildman–Crippen MR) is 86.4 cm³/mol. The number of methoxy groups -OCH3 is 2. The van der Waals surface area contributed by atoms with E-state index in [1.807, 2.05) is 18.2 Å². The average molecular weight is 320 g/mol. The van der Waals surface area contributed by atoms with Crippen molar-refractivity contribution in [2.24, 2.45) is 0 Å². The van der Waals surface area contributed by atoms with Crippen molar-refractivity contribution in [3.8, 4) is 11.5 Å². The van der Waals surface area contributed by atoms with Crippen LogP contribution in [0.25, 0.3) is 0 Å². The van der Waals surface area contributed by atoms with Crippen molar-refractivity contribution in [2.75, 3.05) is 20.8 Å². The van der Waals surface area contributed by atoms with Crippen LogP contribution in [0, 0.1) is 0 Å². The van der Waals surface area contributed by atoms with Gasteiger partial charge >= 0.3 is 0 Å². The van der Waals surface area contributed by atoms with Crippen LogP contribution in [-0.4, -0.2) is 43.5 Å². The van der Waals surface area contributed by atoms with E-state index in [1.54, 1.807) is 26.0 Å². The summed E-state index contributed by atoms with van der Waals surface area (Å²) >= 11 is 0. The fourth-order valence-electron chi connectivity index (χ4n) is 2.48. The lowest BCUT2D eigenvalue weighted by Gasteiger charge is -2.20. The second kappa shape index (κ2) is 7.85. The quantitative estimate of drug-likeness (QED) is 0.792. The Kier molecular flexibility index (Phi) is 5.84.